The van der Waals surface area contributed by atoms with Crippen LogP contribution in [0.4, 0.5) is 20.4 Å². The number of pyridine rings is 7. The summed E-state index contributed by atoms with van der Waals surface area (Å²) in [5.41, 5.74) is 35.3. The number of ether oxygens (including phenoxy) is 2. The highest BCUT2D eigenvalue weighted by atomic mass is 19.1. The van der Waals surface area contributed by atoms with E-state index in [1.165, 1.54) is 30.5 Å². The molecule has 488 valence electrons. The summed E-state index contributed by atoms with van der Waals surface area (Å²) in [7, 11) is 0. The van der Waals surface area contributed by atoms with Crippen molar-refractivity contribution in [3.05, 3.63) is 243 Å². The summed E-state index contributed by atoms with van der Waals surface area (Å²) in [5, 5.41) is 29.1. The smallest absolute Gasteiger partial charge is 0.338 e. The number of benzene rings is 2. The number of carbonyl (C=O) groups is 3. The maximum absolute atomic E-state index is 14.8. The number of nitrogen functional groups attached to an aromatic ring is 2. The third-order valence-electron chi connectivity index (χ3n) is 14.1. The van der Waals surface area contributed by atoms with Crippen LogP contribution in [0, 0.1) is 46.3 Å². The number of nitrogens with zero attached hydrogens (tertiary/aromatic N) is 8. The van der Waals surface area contributed by atoms with E-state index in [1.54, 1.807) is 36.7 Å². The molecule has 0 bridgehead atoms. The van der Waals surface area contributed by atoms with E-state index in [1.807, 2.05) is 126 Å². The molecule has 0 aliphatic carbocycles. The maximum atomic E-state index is 14.8. The molecule has 22 nitrogen and oxygen atoms in total. The molecule has 24 heteroatoms. The number of carboxylic acids is 1. The number of carbonyl (C=O) groups excluding carboxylic acids is 2. The predicted octanol–water partition coefficient (Wildman–Crippen LogP) is 10.5. The summed E-state index contributed by atoms with van der Waals surface area (Å²) in [4.78, 5) is 62.7. The van der Waals surface area contributed by atoms with Gasteiger partial charge in [-0.05, 0) is 191 Å². The van der Waals surface area contributed by atoms with Crippen LogP contribution in [0.15, 0.2) is 157 Å². The molecule has 0 spiro atoms. The highest BCUT2D eigenvalue weighted by Gasteiger charge is 2.21. The molecule has 0 radical (unpaired) electrons. The second-order valence-electron chi connectivity index (χ2n) is 21.0. The van der Waals surface area contributed by atoms with Gasteiger partial charge in [-0.15, -0.1) is 0 Å². The Kier molecular flexibility index (Phi) is 30.9. The minimum atomic E-state index is -1.30. The molecule has 2 aromatic carbocycles. The Hall–Kier alpha value is -10.2. The van der Waals surface area contributed by atoms with E-state index >= 15 is 0 Å². The number of amides is 1. The van der Waals surface area contributed by atoms with Crippen molar-refractivity contribution in [2.45, 2.75) is 91.8 Å². The molecule has 0 atom stereocenters. The molecule has 2 fully saturated rings. The lowest BCUT2D eigenvalue weighted by atomic mass is 9.91. The number of oxime groups is 1. The maximum Gasteiger partial charge on any atom is 0.338 e. The second kappa shape index (κ2) is 39.1. The molecular weight excluding hydrogens is 1190 g/mol. The molecule has 9 heterocycles. The SMILES string of the molecule is Cc1cccc(/C=N/O)n1.Cc1cccc(C=O)n1.Cc1cccc(CN)n1.Cc1cccc(CN)n1.Cc1cccc(CNC(=O)c2ccc(-c3cc(C4CCOCC4)cnc3N)cc2F)n1.NO.Nc1ncc(C2CCOCC2)cc1-c1ccc(C(=O)O)c(F)c1. The number of aromatic nitrogens is 7. The third-order valence-corrected chi connectivity index (χ3v) is 14.1. The molecule has 9 aromatic rings. The molecule has 0 unspecified atom stereocenters. The minimum Gasteiger partial charge on any atom is -0.478 e. The van der Waals surface area contributed by atoms with Gasteiger partial charge < -0.3 is 53.2 Å². The van der Waals surface area contributed by atoms with Gasteiger partial charge in [-0.2, -0.15) is 0 Å². The van der Waals surface area contributed by atoms with Gasteiger partial charge >= 0.3 is 5.97 Å². The first-order valence-electron chi connectivity index (χ1n) is 29.6. The fraction of sp³-hybridized carbons (Fsp3) is 0.261. The number of anilines is 2. The Morgan fingerprint density at radius 1 is 0.559 bits per heavy atom. The zero-order valence-electron chi connectivity index (χ0n) is 52.6. The first-order valence-corrected chi connectivity index (χ1v) is 29.6. The van der Waals surface area contributed by atoms with Gasteiger partial charge in [0.05, 0.1) is 46.7 Å². The first-order chi connectivity index (χ1) is 44.9. The molecule has 2 saturated heterocycles. The number of nitrogens with two attached hydrogens (primary N) is 5. The van der Waals surface area contributed by atoms with Gasteiger partial charge in [-0.3, -0.25) is 34.5 Å². The number of halogens is 2. The molecule has 14 N–H and O–H groups in total. The summed E-state index contributed by atoms with van der Waals surface area (Å²) in [5.74, 6) is 1.64. The van der Waals surface area contributed by atoms with E-state index in [-0.39, 0.29) is 17.7 Å². The standard InChI is InChI=1S/C24H25FN4O2.C17H17FN2O3.C7H8N2O.2C7H10N2.C7H7NO.H3NO/c1-15-3-2-4-19(29-15)14-28-24(30)20-6-5-17(12-22(20)25)21-11-18(13-27-23(21)26)16-7-9-31-10-8-16;18-15-8-11(1-2-13(15)17(21)22)14-7-12(9-20-16(14)19)10-3-5-23-6-4-10;1-6-3-2-4-7(9-6)5-8-10;2*1-6-3-2-4-7(5-8)9-6;1-6-3-2-4-7(5-9)8-6;1-2/h2-6,11-13,16H,7-10,14H2,1H3,(H2,26,27)(H,28,30);1-2,7-10H,3-6H2,(H2,19,20)(H,21,22);2-5,10H,1H3;2*2-4H,5,8H2,1H3;2-5H,1H3;2H,1H2/b;;8-5+;;;;. The van der Waals surface area contributed by atoms with Crippen molar-refractivity contribution in [3.63, 3.8) is 0 Å². The van der Waals surface area contributed by atoms with Gasteiger partial charge in [-0.1, -0.05) is 47.6 Å². The Morgan fingerprint density at radius 2 is 0.946 bits per heavy atom. The van der Waals surface area contributed by atoms with Crippen molar-refractivity contribution >= 4 is 36.0 Å². The molecule has 7 aromatic heterocycles. The lowest BCUT2D eigenvalue weighted by Crippen LogP contribution is -2.24. The zero-order valence-corrected chi connectivity index (χ0v) is 52.6. The topological polar surface area (TPSA) is 375 Å². The minimum absolute atomic E-state index is 0.0245. The second-order valence-corrected chi connectivity index (χ2v) is 21.0. The normalized spacial score (nSPS) is 12.5. The van der Waals surface area contributed by atoms with Crippen LogP contribution in [-0.2, 0) is 29.1 Å². The molecule has 11 rings (SSSR count). The van der Waals surface area contributed by atoms with Gasteiger partial charge in [0.25, 0.3) is 5.91 Å². The molecule has 1 amide bonds. The Labute approximate surface area is 539 Å². The van der Waals surface area contributed by atoms with Crippen molar-refractivity contribution in [1.29, 1.82) is 0 Å². The largest absolute Gasteiger partial charge is 0.478 e. The number of aryl methyl sites for hydroxylation is 5. The quantitative estimate of drug-likeness (QED) is 0.0237. The molecular formula is C69H80F2N14O8. The number of rotatable bonds is 12. The van der Waals surface area contributed by atoms with Gasteiger partial charge in [0.2, 0.25) is 0 Å². The van der Waals surface area contributed by atoms with Crippen LogP contribution >= 0.6 is 0 Å². The van der Waals surface area contributed by atoms with Crippen molar-refractivity contribution in [3.8, 4) is 22.3 Å². The summed E-state index contributed by atoms with van der Waals surface area (Å²) >= 11 is 0. The number of hydrogen-bond donors (Lipinski definition) is 9. The highest BCUT2D eigenvalue weighted by molar-refractivity contribution is 5.95. The first kappa shape index (κ1) is 73.5. The van der Waals surface area contributed by atoms with E-state index < -0.39 is 23.5 Å². The molecule has 93 heavy (non-hydrogen) atoms. The number of carboxylic acid groups (broad SMARTS) is 1. The van der Waals surface area contributed by atoms with Gasteiger partial charge in [0.1, 0.15) is 29.0 Å². The van der Waals surface area contributed by atoms with Crippen molar-refractivity contribution < 1.29 is 48.2 Å². The predicted molar refractivity (Wildman–Crippen MR) is 353 cm³/mol. The average Bonchev–Trinajstić information content (AvgIpc) is 0.973. The monoisotopic (exact) mass is 1270 g/mol. The third kappa shape index (κ3) is 24.5. The number of aldehydes is 1. The van der Waals surface area contributed by atoms with E-state index in [9.17, 15) is 23.2 Å². The lowest BCUT2D eigenvalue weighted by molar-refractivity contribution is 0.0691. The lowest BCUT2D eigenvalue weighted by Gasteiger charge is -2.22. The van der Waals surface area contributed by atoms with E-state index in [0.29, 0.717) is 89.1 Å². The van der Waals surface area contributed by atoms with Crippen molar-refractivity contribution in [2.24, 2.45) is 22.5 Å². The van der Waals surface area contributed by atoms with Gasteiger partial charge in [-0.25, -0.2) is 29.4 Å². The van der Waals surface area contributed by atoms with Crippen LogP contribution in [0.3, 0.4) is 0 Å². The Morgan fingerprint density at radius 3 is 1.31 bits per heavy atom. The number of aromatic carboxylic acids is 1. The Balaban J connectivity index is 0.000000220. The van der Waals surface area contributed by atoms with E-state index in [2.05, 4.69) is 51.3 Å². The van der Waals surface area contributed by atoms with Crippen LogP contribution < -0.4 is 34.1 Å². The fourth-order valence-electron chi connectivity index (χ4n) is 9.39. The van der Waals surface area contributed by atoms with Gasteiger partial charge in [0.15, 0.2) is 6.29 Å². The fourth-order valence-corrected chi connectivity index (χ4v) is 9.39. The average molecular weight is 1270 g/mol. The van der Waals surface area contributed by atoms with Crippen LogP contribution in [0.2, 0.25) is 0 Å². The number of nitrogens with one attached hydrogen (secondary N) is 1. The summed E-state index contributed by atoms with van der Waals surface area (Å²) < 4.78 is 39.5. The van der Waals surface area contributed by atoms with Crippen LogP contribution in [-0.4, -0.2) is 101 Å². The van der Waals surface area contributed by atoms with Gasteiger partial charge in [0, 0.05) is 91.5 Å². The summed E-state index contributed by atoms with van der Waals surface area (Å²) in [6.45, 7) is 13.7. The zero-order chi connectivity index (χ0) is 67.7. The van der Waals surface area contributed by atoms with Crippen LogP contribution in [0.25, 0.3) is 22.3 Å². The molecule has 0 saturated carbocycles. The van der Waals surface area contributed by atoms with Crippen molar-refractivity contribution in [2.75, 3.05) is 37.9 Å². The van der Waals surface area contributed by atoms with E-state index in [0.717, 1.165) is 96.2 Å². The van der Waals surface area contributed by atoms with Crippen LogP contribution in [0.1, 0.15) is 131 Å². The molecule has 2 aliphatic rings. The van der Waals surface area contributed by atoms with Crippen LogP contribution in [0.5, 0.6) is 0 Å². The summed E-state index contributed by atoms with van der Waals surface area (Å²) in [6.07, 6.45) is 9.25. The Bertz CT molecular complexity index is 3820. The number of hydrogen-bond acceptors (Lipinski definition) is 20. The van der Waals surface area contributed by atoms with Crippen molar-refractivity contribution in [1.82, 2.24) is 40.2 Å². The highest BCUT2D eigenvalue weighted by Crippen LogP contribution is 2.34. The van der Waals surface area contributed by atoms with E-state index in [4.69, 9.17) is 47.9 Å². The summed E-state index contributed by atoms with van der Waals surface area (Å²) in [6, 6.07) is 40.5. The molecule has 2 aliphatic heterocycles.